The second kappa shape index (κ2) is 11.3. The molecule has 0 bridgehead atoms. The van der Waals surface area contributed by atoms with Gasteiger partial charge in [0.15, 0.2) is 11.5 Å². The number of benzene rings is 2. The average molecular weight is 478 g/mol. The van der Waals surface area contributed by atoms with Crippen molar-refractivity contribution in [2.45, 2.75) is 38.1 Å². The van der Waals surface area contributed by atoms with Crippen LogP contribution in [0.15, 0.2) is 42.5 Å². The number of hydrogen-bond donors (Lipinski definition) is 2. The summed E-state index contributed by atoms with van der Waals surface area (Å²) in [5.74, 6) is 3.41. The number of ether oxygens (including phenoxy) is 2. The molecule has 2 aromatic carbocycles. The van der Waals surface area contributed by atoms with Gasteiger partial charge in [0.25, 0.3) is 0 Å². The summed E-state index contributed by atoms with van der Waals surface area (Å²) in [6.45, 7) is 0.704. The molecule has 0 atom stereocenters. The second-order valence-corrected chi connectivity index (χ2v) is 9.31. The number of amides is 1. The van der Waals surface area contributed by atoms with Crippen molar-refractivity contribution in [1.29, 1.82) is 0 Å². The van der Waals surface area contributed by atoms with Crippen LogP contribution in [-0.4, -0.2) is 56.8 Å². The molecule has 1 saturated carbocycles. The summed E-state index contributed by atoms with van der Waals surface area (Å²) in [5, 5.41) is 7.71. The highest BCUT2D eigenvalue weighted by molar-refractivity contribution is 5.90. The topological polar surface area (TPSA) is 88.6 Å². The molecule has 1 aliphatic rings. The van der Waals surface area contributed by atoms with Gasteiger partial charge in [0, 0.05) is 32.1 Å². The summed E-state index contributed by atoms with van der Waals surface area (Å²) < 4.78 is 10.6. The van der Waals surface area contributed by atoms with Gasteiger partial charge in [0.2, 0.25) is 11.9 Å². The van der Waals surface area contributed by atoms with E-state index in [9.17, 15) is 4.79 Å². The number of rotatable bonds is 9. The molecule has 0 aliphatic heterocycles. The largest absolute Gasteiger partial charge is 0.493 e. The van der Waals surface area contributed by atoms with Crippen LogP contribution in [0.3, 0.4) is 0 Å². The monoisotopic (exact) mass is 477 g/mol. The fourth-order valence-corrected chi connectivity index (χ4v) is 4.66. The Kier molecular flexibility index (Phi) is 7.90. The maximum absolute atomic E-state index is 12.5. The number of nitrogens with one attached hydrogen (secondary N) is 2. The lowest BCUT2D eigenvalue weighted by Gasteiger charge is -2.29. The van der Waals surface area contributed by atoms with E-state index >= 15 is 0 Å². The van der Waals surface area contributed by atoms with Gasteiger partial charge in [-0.05, 0) is 61.4 Å². The Morgan fingerprint density at radius 2 is 1.74 bits per heavy atom. The number of hydrogen-bond acceptors (Lipinski definition) is 7. The number of carbonyl (C=O) groups is 1. The predicted octanol–water partition coefficient (Wildman–Crippen LogP) is 4.04. The van der Waals surface area contributed by atoms with Crippen LogP contribution in [0.4, 0.5) is 11.8 Å². The van der Waals surface area contributed by atoms with E-state index in [4.69, 9.17) is 19.4 Å². The number of aromatic nitrogens is 2. The molecule has 1 fully saturated rings. The zero-order valence-corrected chi connectivity index (χ0v) is 21.0. The molecule has 3 aromatic rings. The van der Waals surface area contributed by atoms with Crippen LogP contribution >= 0.6 is 0 Å². The second-order valence-electron chi connectivity index (χ2n) is 9.31. The van der Waals surface area contributed by atoms with E-state index in [0.717, 1.165) is 48.0 Å². The van der Waals surface area contributed by atoms with Gasteiger partial charge in [-0.2, -0.15) is 4.98 Å². The summed E-state index contributed by atoms with van der Waals surface area (Å²) in [6.07, 6.45) is 4.50. The molecular weight excluding hydrogens is 442 g/mol. The Morgan fingerprint density at radius 3 is 2.46 bits per heavy atom. The summed E-state index contributed by atoms with van der Waals surface area (Å²) in [6, 6.07) is 14.0. The zero-order chi connectivity index (χ0) is 24.8. The van der Waals surface area contributed by atoms with Crippen molar-refractivity contribution >= 4 is 28.6 Å². The SMILES string of the molecule is COc1ccc(CC(=O)NCC2CCC(Nc3nc(N(C)C)c4ccccc4n3)CC2)cc1OC. The van der Waals surface area contributed by atoms with E-state index in [1.54, 1.807) is 14.2 Å². The van der Waals surface area contributed by atoms with Crippen molar-refractivity contribution in [3.8, 4) is 11.5 Å². The van der Waals surface area contributed by atoms with Crippen molar-refractivity contribution in [2.24, 2.45) is 5.92 Å². The molecule has 1 amide bonds. The molecule has 1 heterocycles. The molecule has 2 N–H and O–H groups in total. The number of carbonyl (C=O) groups excluding carboxylic acids is 1. The number of fused-ring (bicyclic) bond motifs is 1. The first kappa shape index (κ1) is 24.6. The maximum Gasteiger partial charge on any atom is 0.225 e. The van der Waals surface area contributed by atoms with Crippen LogP contribution in [0.1, 0.15) is 31.2 Å². The van der Waals surface area contributed by atoms with E-state index in [2.05, 4.69) is 16.7 Å². The number of para-hydroxylation sites is 1. The molecular formula is C27H35N5O3. The van der Waals surface area contributed by atoms with Crippen molar-refractivity contribution < 1.29 is 14.3 Å². The smallest absolute Gasteiger partial charge is 0.225 e. The van der Waals surface area contributed by atoms with E-state index in [1.807, 2.05) is 55.4 Å². The molecule has 0 unspecified atom stereocenters. The number of anilines is 2. The Bertz CT molecular complexity index is 1160. The standard InChI is InChI=1S/C27H35N5O3/c1-32(2)26-21-7-5-6-8-22(21)30-27(31-26)29-20-12-9-18(10-13-20)17-28-25(33)16-19-11-14-23(34-3)24(15-19)35-4/h5-8,11,14-15,18,20H,9-10,12-13,16-17H2,1-4H3,(H,28,33)(H,29,30,31). The van der Waals surface area contributed by atoms with E-state index in [0.29, 0.717) is 42.4 Å². The molecule has 186 valence electrons. The molecule has 4 rings (SSSR count). The van der Waals surface area contributed by atoms with Gasteiger partial charge in [-0.25, -0.2) is 4.98 Å². The van der Waals surface area contributed by atoms with Crippen LogP contribution in [-0.2, 0) is 11.2 Å². The van der Waals surface area contributed by atoms with Gasteiger partial charge < -0.3 is 25.0 Å². The molecule has 8 nitrogen and oxygen atoms in total. The first-order valence-corrected chi connectivity index (χ1v) is 12.1. The highest BCUT2D eigenvalue weighted by Crippen LogP contribution is 2.29. The molecule has 1 aromatic heterocycles. The minimum absolute atomic E-state index is 0.0262. The molecule has 0 radical (unpaired) electrons. The number of methoxy groups -OCH3 is 2. The normalized spacial score (nSPS) is 17.6. The lowest BCUT2D eigenvalue weighted by molar-refractivity contribution is -0.120. The van der Waals surface area contributed by atoms with Crippen molar-refractivity contribution in [1.82, 2.24) is 15.3 Å². The minimum atomic E-state index is 0.0262. The molecule has 8 heteroatoms. The van der Waals surface area contributed by atoms with Crippen molar-refractivity contribution in [3.63, 3.8) is 0 Å². The Hall–Kier alpha value is -3.55. The van der Waals surface area contributed by atoms with Crippen LogP contribution in [0.25, 0.3) is 10.9 Å². The minimum Gasteiger partial charge on any atom is -0.493 e. The van der Waals surface area contributed by atoms with E-state index in [-0.39, 0.29) is 5.91 Å². The van der Waals surface area contributed by atoms with Gasteiger partial charge in [-0.1, -0.05) is 18.2 Å². The van der Waals surface area contributed by atoms with Crippen molar-refractivity contribution in [3.05, 3.63) is 48.0 Å². The van der Waals surface area contributed by atoms with Crippen molar-refractivity contribution in [2.75, 3.05) is 45.1 Å². The zero-order valence-electron chi connectivity index (χ0n) is 21.0. The molecule has 0 saturated heterocycles. The lowest BCUT2D eigenvalue weighted by Crippen LogP contribution is -2.34. The predicted molar refractivity (Wildman–Crippen MR) is 139 cm³/mol. The highest BCUT2D eigenvalue weighted by Gasteiger charge is 2.23. The third-order valence-corrected chi connectivity index (χ3v) is 6.59. The molecule has 1 aliphatic carbocycles. The lowest BCUT2D eigenvalue weighted by atomic mass is 9.86. The van der Waals surface area contributed by atoms with Crippen LogP contribution < -0.4 is 25.0 Å². The Balaban J connectivity index is 1.26. The Labute approximate surface area is 207 Å². The van der Waals surface area contributed by atoms with E-state index in [1.165, 1.54) is 0 Å². The maximum atomic E-state index is 12.5. The fraction of sp³-hybridized carbons (Fsp3) is 0.444. The van der Waals surface area contributed by atoms with Crippen LogP contribution in [0, 0.1) is 5.92 Å². The van der Waals surface area contributed by atoms with Gasteiger partial charge in [0.1, 0.15) is 5.82 Å². The summed E-state index contributed by atoms with van der Waals surface area (Å²) in [4.78, 5) is 24.0. The van der Waals surface area contributed by atoms with Gasteiger partial charge >= 0.3 is 0 Å². The average Bonchev–Trinajstić information content (AvgIpc) is 2.87. The van der Waals surface area contributed by atoms with E-state index < -0.39 is 0 Å². The summed E-state index contributed by atoms with van der Waals surface area (Å²) in [7, 11) is 7.21. The fourth-order valence-electron chi connectivity index (χ4n) is 4.66. The Morgan fingerprint density at radius 1 is 1.00 bits per heavy atom. The van der Waals surface area contributed by atoms with Crippen LogP contribution in [0.5, 0.6) is 11.5 Å². The summed E-state index contributed by atoms with van der Waals surface area (Å²) in [5.41, 5.74) is 1.85. The van der Waals surface area contributed by atoms with Crippen LogP contribution in [0.2, 0.25) is 0 Å². The van der Waals surface area contributed by atoms with Gasteiger partial charge in [-0.15, -0.1) is 0 Å². The molecule has 0 spiro atoms. The number of nitrogens with zero attached hydrogens (tertiary/aromatic N) is 3. The first-order chi connectivity index (χ1) is 17.0. The van der Waals surface area contributed by atoms with Gasteiger partial charge in [0.05, 0.1) is 26.2 Å². The quantitative estimate of drug-likeness (QED) is 0.481. The first-order valence-electron chi connectivity index (χ1n) is 12.1. The summed E-state index contributed by atoms with van der Waals surface area (Å²) >= 11 is 0. The highest BCUT2D eigenvalue weighted by atomic mass is 16.5. The molecule has 35 heavy (non-hydrogen) atoms. The third kappa shape index (κ3) is 6.12. The third-order valence-electron chi connectivity index (χ3n) is 6.59. The van der Waals surface area contributed by atoms with Gasteiger partial charge in [-0.3, -0.25) is 4.79 Å².